The number of rotatable bonds is 4. The van der Waals surface area contributed by atoms with Gasteiger partial charge in [-0.1, -0.05) is 0 Å². The highest BCUT2D eigenvalue weighted by Crippen LogP contribution is 2.36. The molecule has 0 spiro atoms. The predicted molar refractivity (Wildman–Crippen MR) is 101 cm³/mol. The molecule has 8 heteroatoms. The molecule has 1 saturated heterocycles. The van der Waals surface area contributed by atoms with Crippen molar-refractivity contribution in [3.05, 3.63) is 35.9 Å². The smallest absolute Gasteiger partial charge is 0.243 e. The summed E-state index contributed by atoms with van der Waals surface area (Å²) in [5.41, 5.74) is 1.10. The van der Waals surface area contributed by atoms with Gasteiger partial charge in [-0.3, -0.25) is 0 Å². The molecule has 4 rings (SSSR count). The minimum atomic E-state index is -3.58. The largest absolute Gasteiger partial charge is 0.486 e. The minimum absolute atomic E-state index is 0.105. The molecule has 1 aromatic carbocycles. The molecule has 2 aromatic rings. The van der Waals surface area contributed by atoms with E-state index in [1.165, 1.54) is 0 Å². The van der Waals surface area contributed by atoms with E-state index in [1.54, 1.807) is 22.5 Å². The number of benzene rings is 1. The summed E-state index contributed by atoms with van der Waals surface area (Å²) in [4.78, 5) is 4.82. The molecule has 0 bridgehead atoms. The molecule has 0 N–H and O–H groups in total. The fourth-order valence-electron chi connectivity index (χ4n) is 3.93. The van der Waals surface area contributed by atoms with Gasteiger partial charge < -0.3 is 14.0 Å². The van der Waals surface area contributed by atoms with E-state index in [2.05, 4.69) is 23.4 Å². The van der Waals surface area contributed by atoms with E-state index in [1.807, 2.05) is 13.1 Å². The molecule has 1 atom stereocenters. The lowest BCUT2D eigenvalue weighted by molar-refractivity contribution is 0.171. The van der Waals surface area contributed by atoms with Crippen LogP contribution in [0.5, 0.6) is 11.5 Å². The van der Waals surface area contributed by atoms with Crippen molar-refractivity contribution in [2.75, 3.05) is 26.3 Å². The van der Waals surface area contributed by atoms with E-state index in [9.17, 15) is 8.42 Å². The predicted octanol–water partition coefficient (Wildman–Crippen LogP) is 2.72. The Morgan fingerprint density at radius 3 is 2.67 bits per heavy atom. The Kier molecular flexibility index (Phi) is 4.63. The zero-order valence-corrected chi connectivity index (χ0v) is 16.7. The summed E-state index contributed by atoms with van der Waals surface area (Å²) >= 11 is 0. The number of imidazole rings is 1. The van der Waals surface area contributed by atoms with Crippen molar-refractivity contribution in [2.24, 2.45) is 0 Å². The lowest BCUT2D eigenvalue weighted by atomic mass is 10.1. The lowest BCUT2D eigenvalue weighted by Crippen LogP contribution is -2.29. The zero-order chi connectivity index (χ0) is 19.2. The van der Waals surface area contributed by atoms with Crippen LogP contribution in [0.4, 0.5) is 0 Å². The molecule has 1 unspecified atom stereocenters. The van der Waals surface area contributed by atoms with Crippen LogP contribution in [0.3, 0.4) is 0 Å². The number of aryl methyl sites for hydroxylation is 1. The molecule has 7 nitrogen and oxygen atoms in total. The number of hydrogen-bond donors (Lipinski definition) is 0. The Balaban J connectivity index is 1.58. The third kappa shape index (κ3) is 3.21. The number of sulfonamides is 1. The van der Waals surface area contributed by atoms with Gasteiger partial charge in [-0.05, 0) is 39.3 Å². The van der Waals surface area contributed by atoms with Crippen molar-refractivity contribution in [3.8, 4) is 11.5 Å². The summed E-state index contributed by atoms with van der Waals surface area (Å²) in [6, 6.07) is 5.13. The van der Waals surface area contributed by atoms with Gasteiger partial charge in [0.05, 0.1) is 4.90 Å². The highest BCUT2D eigenvalue weighted by atomic mass is 32.2. The molecule has 27 heavy (non-hydrogen) atoms. The molecular weight excluding hydrogens is 366 g/mol. The highest BCUT2D eigenvalue weighted by Gasteiger charge is 2.36. The number of hydrogen-bond acceptors (Lipinski definition) is 5. The second-order valence-electron chi connectivity index (χ2n) is 7.38. The topological polar surface area (TPSA) is 73.7 Å². The van der Waals surface area contributed by atoms with Gasteiger partial charge >= 0.3 is 0 Å². The lowest BCUT2D eigenvalue weighted by Gasteiger charge is -2.21. The number of nitrogens with zero attached hydrogens (tertiary/aromatic N) is 3. The molecule has 146 valence electrons. The van der Waals surface area contributed by atoms with Gasteiger partial charge in [-0.15, -0.1) is 0 Å². The van der Waals surface area contributed by atoms with Crippen LogP contribution in [0.2, 0.25) is 0 Å². The van der Waals surface area contributed by atoms with Crippen LogP contribution in [0, 0.1) is 6.92 Å². The Hall–Kier alpha value is -2.06. The maximum absolute atomic E-state index is 13.1. The number of ether oxygens (including phenoxy) is 2. The van der Waals surface area contributed by atoms with Crippen molar-refractivity contribution in [3.63, 3.8) is 0 Å². The van der Waals surface area contributed by atoms with Gasteiger partial charge in [0.15, 0.2) is 11.5 Å². The van der Waals surface area contributed by atoms with E-state index >= 15 is 0 Å². The third-order valence-corrected chi connectivity index (χ3v) is 7.06. The first-order valence-electron chi connectivity index (χ1n) is 9.31. The Morgan fingerprint density at radius 2 is 1.93 bits per heavy atom. The first kappa shape index (κ1) is 18.3. The molecule has 1 fully saturated rings. The molecule has 1 aromatic heterocycles. The van der Waals surface area contributed by atoms with Crippen LogP contribution in [0.25, 0.3) is 0 Å². The summed E-state index contributed by atoms with van der Waals surface area (Å²) in [5.74, 6) is 2.16. The molecule has 0 aliphatic carbocycles. The maximum atomic E-state index is 13.1. The van der Waals surface area contributed by atoms with Crippen molar-refractivity contribution in [1.29, 1.82) is 0 Å². The quantitative estimate of drug-likeness (QED) is 0.801. The van der Waals surface area contributed by atoms with Crippen molar-refractivity contribution in [1.82, 2.24) is 13.9 Å². The number of aromatic nitrogens is 2. The first-order chi connectivity index (χ1) is 12.9. The van der Waals surface area contributed by atoms with Crippen LogP contribution in [-0.4, -0.2) is 48.6 Å². The molecule has 0 saturated carbocycles. The molecular formula is C19H25N3O4S. The molecule has 3 heterocycles. The van der Waals surface area contributed by atoms with E-state index < -0.39 is 10.0 Å². The monoisotopic (exact) mass is 391 g/mol. The van der Waals surface area contributed by atoms with Crippen LogP contribution >= 0.6 is 0 Å². The summed E-state index contributed by atoms with van der Waals surface area (Å²) in [7, 11) is -3.58. The molecule has 2 aliphatic heterocycles. The Morgan fingerprint density at radius 1 is 1.19 bits per heavy atom. The van der Waals surface area contributed by atoms with Crippen LogP contribution < -0.4 is 9.47 Å². The molecule has 0 radical (unpaired) electrons. The van der Waals surface area contributed by atoms with Gasteiger partial charge in [0.25, 0.3) is 0 Å². The van der Waals surface area contributed by atoms with Gasteiger partial charge in [0.1, 0.15) is 19.0 Å². The van der Waals surface area contributed by atoms with E-state index in [0.717, 1.165) is 17.9 Å². The zero-order valence-electron chi connectivity index (χ0n) is 15.9. The summed E-state index contributed by atoms with van der Waals surface area (Å²) in [6.07, 6.45) is 2.64. The maximum Gasteiger partial charge on any atom is 0.243 e. The van der Waals surface area contributed by atoms with Crippen molar-refractivity contribution >= 4 is 10.0 Å². The van der Waals surface area contributed by atoms with Crippen LogP contribution in [-0.2, 0) is 10.0 Å². The second kappa shape index (κ2) is 6.83. The average Bonchev–Trinajstić information content (AvgIpc) is 3.28. The van der Waals surface area contributed by atoms with Gasteiger partial charge in [-0.2, -0.15) is 4.31 Å². The van der Waals surface area contributed by atoms with Gasteiger partial charge in [0.2, 0.25) is 10.0 Å². The van der Waals surface area contributed by atoms with E-state index in [4.69, 9.17) is 9.47 Å². The standard InChI is InChI=1S/C19H25N3O4S/c1-13(2)22-14(3)11-20-19(22)15-6-7-21(12-15)27(23,24)16-4-5-17-18(10-16)26-9-8-25-17/h4-5,10-11,13,15H,6-9,12H2,1-3H3. The fraction of sp³-hybridized carbons (Fsp3) is 0.526. The molecule has 0 amide bonds. The third-order valence-electron chi connectivity index (χ3n) is 5.19. The van der Waals surface area contributed by atoms with Crippen molar-refractivity contribution in [2.45, 2.75) is 44.0 Å². The molecule has 2 aliphatic rings. The van der Waals surface area contributed by atoms with Crippen LogP contribution in [0.1, 0.15) is 43.7 Å². The summed E-state index contributed by atoms with van der Waals surface area (Å²) in [5, 5.41) is 0. The minimum Gasteiger partial charge on any atom is -0.486 e. The van der Waals surface area contributed by atoms with Crippen molar-refractivity contribution < 1.29 is 17.9 Å². The number of fused-ring (bicyclic) bond motifs is 1. The average molecular weight is 391 g/mol. The normalized spacial score (nSPS) is 20.4. The second-order valence-corrected chi connectivity index (χ2v) is 9.31. The Labute approximate surface area is 160 Å². The summed E-state index contributed by atoms with van der Waals surface area (Å²) in [6.45, 7) is 8.13. The SMILES string of the molecule is Cc1cnc(C2CCN(S(=O)(=O)c3ccc4c(c3)OCCO4)C2)n1C(C)C. The first-order valence-corrected chi connectivity index (χ1v) is 10.8. The van der Waals surface area contributed by atoms with Crippen LogP contribution in [0.15, 0.2) is 29.3 Å². The Bertz CT molecular complexity index is 952. The fourth-order valence-corrected chi connectivity index (χ4v) is 5.45. The highest BCUT2D eigenvalue weighted by molar-refractivity contribution is 7.89. The summed E-state index contributed by atoms with van der Waals surface area (Å²) < 4.78 is 41.0. The van der Waals surface area contributed by atoms with Gasteiger partial charge in [0, 0.05) is 43.0 Å². The van der Waals surface area contributed by atoms with E-state index in [0.29, 0.717) is 43.8 Å². The van der Waals surface area contributed by atoms with Gasteiger partial charge in [-0.25, -0.2) is 13.4 Å². The van der Waals surface area contributed by atoms with E-state index in [-0.39, 0.29) is 10.8 Å².